The molecule has 0 radical (unpaired) electrons. The molecule has 0 fully saturated rings. The first-order valence-electron chi connectivity index (χ1n) is 8.56. The van der Waals surface area contributed by atoms with E-state index in [1.165, 1.54) is 12.1 Å². The molecule has 0 unspecified atom stereocenters. The van der Waals surface area contributed by atoms with Crippen LogP contribution in [0.15, 0.2) is 48.5 Å². The van der Waals surface area contributed by atoms with Gasteiger partial charge in [0.2, 0.25) is 0 Å². The number of nitro groups is 1. The second-order valence-corrected chi connectivity index (χ2v) is 6.99. The molecule has 1 N–H and O–H groups in total. The van der Waals surface area contributed by atoms with Gasteiger partial charge in [-0.3, -0.25) is 10.1 Å². The summed E-state index contributed by atoms with van der Waals surface area (Å²) in [7, 11) is 0. The zero-order valence-electron chi connectivity index (χ0n) is 15.3. The van der Waals surface area contributed by atoms with Crippen LogP contribution in [0.5, 0.6) is 0 Å². The van der Waals surface area contributed by atoms with E-state index in [0.29, 0.717) is 6.54 Å². The average molecular weight is 356 g/mol. The van der Waals surface area contributed by atoms with E-state index in [-0.39, 0.29) is 5.69 Å². The number of rotatable bonds is 6. The van der Waals surface area contributed by atoms with E-state index in [1.54, 1.807) is 12.1 Å². The number of nitrogens with one attached hydrogen (secondary N) is 1. The van der Waals surface area contributed by atoms with Crippen LogP contribution in [0.2, 0.25) is 0 Å². The van der Waals surface area contributed by atoms with Crippen molar-refractivity contribution in [2.24, 2.45) is 0 Å². The first kappa shape index (κ1) is 19.4. The van der Waals surface area contributed by atoms with Gasteiger partial charge in [0, 0.05) is 18.7 Å². The second kappa shape index (κ2) is 8.47. The highest BCUT2D eigenvalue weighted by Gasteiger charge is 2.15. The molecule has 6 heteroatoms. The maximum atomic E-state index is 11.7. The molecule has 2 aromatic rings. The molecule has 26 heavy (non-hydrogen) atoms. The number of ether oxygens (including phenoxy) is 1. The van der Waals surface area contributed by atoms with E-state index in [4.69, 9.17) is 4.74 Å². The van der Waals surface area contributed by atoms with Crippen molar-refractivity contribution in [3.8, 4) is 11.1 Å². The Hall–Kier alpha value is -2.89. The number of alkyl carbamates (subject to hydrolysis) is 1. The minimum atomic E-state index is -0.507. The van der Waals surface area contributed by atoms with Crippen LogP contribution in [0.25, 0.3) is 11.1 Å². The minimum absolute atomic E-state index is 0.0767. The number of amides is 1. The standard InChI is InChI=1S/C20H24N2O4/c1-20(2,3)26-19(23)21-14-6-8-15-7-4-5-9-18(15)16-10-12-17(13-11-16)22(24)25/h4-5,7,9-13H,6,8,14H2,1-3H3,(H,21,23). The van der Waals surface area contributed by atoms with Gasteiger partial charge in [-0.1, -0.05) is 24.3 Å². The molecule has 138 valence electrons. The number of aryl methyl sites for hydroxylation is 1. The van der Waals surface area contributed by atoms with Crippen molar-refractivity contribution >= 4 is 11.8 Å². The first-order valence-corrected chi connectivity index (χ1v) is 8.56. The van der Waals surface area contributed by atoms with E-state index < -0.39 is 16.6 Å². The Kier molecular flexibility index (Phi) is 6.33. The Labute approximate surface area is 153 Å². The Morgan fingerprint density at radius 1 is 1.12 bits per heavy atom. The highest BCUT2D eigenvalue weighted by molar-refractivity contribution is 5.69. The topological polar surface area (TPSA) is 81.5 Å². The molecule has 0 aliphatic rings. The average Bonchev–Trinajstić information content (AvgIpc) is 2.57. The third kappa shape index (κ3) is 5.88. The molecular weight excluding hydrogens is 332 g/mol. The highest BCUT2D eigenvalue weighted by atomic mass is 16.6. The lowest BCUT2D eigenvalue weighted by Gasteiger charge is -2.19. The first-order chi connectivity index (χ1) is 12.3. The summed E-state index contributed by atoms with van der Waals surface area (Å²) in [6, 6.07) is 14.5. The molecule has 0 atom stereocenters. The van der Waals surface area contributed by atoms with Gasteiger partial charge in [0.25, 0.3) is 5.69 Å². The van der Waals surface area contributed by atoms with Gasteiger partial charge >= 0.3 is 6.09 Å². The van der Waals surface area contributed by atoms with Crippen molar-refractivity contribution in [3.63, 3.8) is 0 Å². The second-order valence-electron chi connectivity index (χ2n) is 6.99. The van der Waals surface area contributed by atoms with Crippen LogP contribution < -0.4 is 5.32 Å². The largest absolute Gasteiger partial charge is 0.444 e. The quantitative estimate of drug-likeness (QED) is 0.461. The van der Waals surface area contributed by atoms with Crippen molar-refractivity contribution < 1.29 is 14.5 Å². The van der Waals surface area contributed by atoms with Gasteiger partial charge < -0.3 is 10.1 Å². The fourth-order valence-corrected chi connectivity index (χ4v) is 2.57. The zero-order chi connectivity index (χ0) is 19.2. The van der Waals surface area contributed by atoms with Crippen LogP contribution in [-0.4, -0.2) is 23.2 Å². The molecule has 0 saturated carbocycles. The van der Waals surface area contributed by atoms with Crippen LogP contribution in [-0.2, 0) is 11.2 Å². The minimum Gasteiger partial charge on any atom is -0.444 e. The number of carbonyl (C=O) groups is 1. The smallest absolute Gasteiger partial charge is 0.407 e. The number of benzene rings is 2. The molecule has 0 aliphatic carbocycles. The zero-order valence-corrected chi connectivity index (χ0v) is 15.3. The summed E-state index contributed by atoms with van der Waals surface area (Å²) in [6.45, 7) is 6.00. The van der Waals surface area contributed by atoms with E-state index in [2.05, 4.69) is 5.32 Å². The molecule has 6 nitrogen and oxygen atoms in total. The number of nitro benzene ring substituents is 1. The Morgan fingerprint density at radius 2 is 1.77 bits per heavy atom. The summed E-state index contributed by atoms with van der Waals surface area (Å²) < 4.78 is 5.21. The van der Waals surface area contributed by atoms with Crippen molar-refractivity contribution in [2.45, 2.75) is 39.2 Å². The number of carbonyl (C=O) groups excluding carboxylic acids is 1. The Morgan fingerprint density at radius 3 is 2.38 bits per heavy atom. The fourth-order valence-electron chi connectivity index (χ4n) is 2.57. The summed E-state index contributed by atoms with van der Waals surface area (Å²) in [5.74, 6) is 0. The third-order valence-electron chi connectivity index (χ3n) is 3.70. The lowest BCUT2D eigenvalue weighted by atomic mass is 9.96. The molecule has 0 saturated heterocycles. The molecule has 2 aromatic carbocycles. The van der Waals surface area contributed by atoms with Gasteiger partial charge in [0.15, 0.2) is 0 Å². The molecule has 0 aliphatic heterocycles. The lowest BCUT2D eigenvalue weighted by Crippen LogP contribution is -2.33. The van der Waals surface area contributed by atoms with E-state index in [0.717, 1.165) is 29.5 Å². The summed E-state index contributed by atoms with van der Waals surface area (Å²) >= 11 is 0. The van der Waals surface area contributed by atoms with Crippen molar-refractivity contribution in [1.82, 2.24) is 5.32 Å². The number of hydrogen-bond donors (Lipinski definition) is 1. The van der Waals surface area contributed by atoms with Gasteiger partial charge in [-0.2, -0.15) is 0 Å². The molecular formula is C20H24N2O4. The van der Waals surface area contributed by atoms with Crippen LogP contribution in [0, 0.1) is 10.1 Å². The van der Waals surface area contributed by atoms with E-state index in [9.17, 15) is 14.9 Å². The third-order valence-corrected chi connectivity index (χ3v) is 3.70. The Bertz CT molecular complexity index is 764. The molecule has 0 heterocycles. The number of hydrogen-bond acceptors (Lipinski definition) is 4. The van der Waals surface area contributed by atoms with Gasteiger partial charge in [-0.15, -0.1) is 0 Å². The highest BCUT2D eigenvalue weighted by Crippen LogP contribution is 2.26. The fraction of sp³-hybridized carbons (Fsp3) is 0.350. The predicted molar refractivity (Wildman–Crippen MR) is 101 cm³/mol. The molecule has 0 bridgehead atoms. The number of non-ortho nitro benzene ring substituents is 1. The van der Waals surface area contributed by atoms with Crippen molar-refractivity contribution in [3.05, 3.63) is 64.2 Å². The van der Waals surface area contributed by atoms with Crippen LogP contribution in [0.1, 0.15) is 32.8 Å². The molecule has 1 amide bonds. The molecule has 0 spiro atoms. The normalized spacial score (nSPS) is 11.0. The van der Waals surface area contributed by atoms with Gasteiger partial charge in [-0.25, -0.2) is 4.79 Å². The van der Waals surface area contributed by atoms with Gasteiger partial charge in [0.05, 0.1) is 4.92 Å². The Balaban J connectivity index is 1.97. The molecule has 0 aromatic heterocycles. The van der Waals surface area contributed by atoms with E-state index >= 15 is 0 Å². The van der Waals surface area contributed by atoms with Crippen LogP contribution in [0.4, 0.5) is 10.5 Å². The summed E-state index contributed by atoms with van der Waals surface area (Å²) in [6.07, 6.45) is 1.13. The summed E-state index contributed by atoms with van der Waals surface area (Å²) in [5, 5.41) is 13.5. The van der Waals surface area contributed by atoms with Gasteiger partial charge in [-0.05, 0) is 62.4 Å². The monoisotopic (exact) mass is 356 g/mol. The molecule has 2 rings (SSSR count). The summed E-state index contributed by atoms with van der Waals surface area (Å²) in [5.41, 5.74) is 2.68. The number of nitrogens with zero attached hydrogens (tertiary/aromatic N) is 1. The van der Waals surface area contributed by atoms with E-state index in [1.807, 2.05) is 45.0 Å². The van der Waals surface area contributed by atoms with Gasteiger partial charge in [0.1, 0.15) is 5.60 Å². The maximum absolute atomic E-state index is 11.7. The predicted octanol–water partition coefficient (Wildman–Crippen LogP) is 4.72. The lowest BCUT2D eigenvalue weighted by molar-refractivity contribution is -0.384. The van der Waals surface area contributed by atoms with Crippen molar-refractivity contribution in [1.29, 1.82) is 0 Å². The SMILES string of the molecule is CC(C)(C)OC(=O)NCCCc1ccccc1-c1ccc([N+](=O)[O-])cc1. The van der Waals surface area contributed by atoms with Crippen molar-refractivity contribution in [2.75, 3.05) is 6.54 Å². The van der Waals surface area contributed by atoms with Crippen LogP contribution in [0.3, 0.4) is 0 Å². The van der Waals surface area contributed by atoms with Crippen LogP contribution >= 0.6 is 0 Å². The maximum Gasteiger partial charge on any atom is 0.407 e. The summed E-state index contributed by atoms with van der Waals surface area (Å²) in [4.78, 5) is 22.0.